The Morgan fingerprint density at radius 1 is 1.21 bits per heavy atom. The molecule has 4 heteroatoms. The molecule has 2 nitrogen and oxygen atoms in total. The predicted molar refractivity (Wildman–Crippen MR) is 80.7 cm³/mol. The van der Waals surface area contributed by atoms with Crippen molar-refractivity contribution in [2.24, 2.45) is 0 Å². The first-order valence-corrected chi connectivity index (χ1v) is 7.65. The molecule has 0 N–H and O–H groups in total. The molecule has 0 saturated heterocycles. The molecule has 19 heavy (non-hydrogen) atoms. The Balaban J connectivity index is 1.91. The number of hydrogen-bond donors (Lipinski definition) is 0. The normalized spacial score (nSPS) is 10.8. The average Bonchev–Trinajstić information content (AvgIpc) is 3.05. The van der Waals surface area contributed by atoms with Crippen LogP contribution in [0.5, 0.6) is 5.75 Å². The highest BCUT2D eigenvalue weighted by Crippen LogP contribution is 2.30. The quantitative estimate of drug-likeness (QED) is 0.665. The molecule has 96 valence electrons. The second-order valence-corrected chi connectivity index (χ2v) is 6.00. The van der Waals surface area contributed by atoms with Crippen LogP contribution in [0.15, 0.2) is 41.1 Å². The largest absolute Gasteiger partial charge is 0.495 e. The number of ether oxygens (including phenoxy) is 1. The van der Waals surface area contributed by atoms with Gasteiger partial charge >= 0.3 is 0 Å². The van der Waals surface area contributed by atoms with Crippen molar-refractivity contribution in [2.75, 3.05) is 7.11 Å². The van der Waals surface area contributed by atoms with Crippen molar-refractivity contribution < 1.29 is 9.53 Å². The summed E-state index contributed by atoms with van der Waals surface area (Å²) < 4.78 is 6.43. The lowest BCUT2D eigenvalue weighted by atomic mass is 10.1. The Hall–Kier alpha value is -1.65. The molecule has 0 atom stereocenters. The fourth-order valence-electron chi connectivity index (χ4n) is 2.08. The van der Waals surface area contributed by atoms with E-state index in [1.807, 2.05) is 23.6 Å². The fourth-order valence-corrected chi connectivity index (χ4v) is 3.85. The van der Waals surface area contributed by atoms with Crippen molar-refractivity contribution in [3.05, 3.63) is 51.5 Å². The van der Waals surface area contributed by atoms with Gasteiger partial charge in [0.1, 0.15) is 10.6 Å². The number of hydrogen-bond acceptors (Lipinski definition) is 4. The number of methoxy groups -OCH3 is 1. The monoisotopic (exact) mass is 288 g/mol. The van der Waals surface area contributed by atoms with Gasteiger partial charge in [0.15, 0.2) is 5.78 Å². The van der Waals surface area contributed by atoms with Crippen LogP contribution in [0.2, 0.25) is 0 Å². The molecule has 0 amide bonds. The van der Waals surface area contributed by atoms with Gasteiger partial charge in [0, 0.05) is 11.1 Å². The number of carbonyl (C=O) groups excluding carboxylic acids is 1. The van der Waals surface area contributed by atoms with Gasteiger partial charge < -0.3 is 4.74 Å². The molecule has 0 unspecified atom stereocenters. The lowest BCUT2D eigenvalue weighted by Crippen LogP contribution is -2.02. The van der Waals surface area contributed by atoms with Gasteiger partial charge in [-0.15, -0.1) is 22.7 Å². The molecule has 3 rings (SSSR count). The van der Waals surface area contributed by atoms with Gasteiger partial charge in [-0.05, 0) is 33.8 Å². The highest BCUT2D eigenvalue weighted by molar-refractivity contribution is 7.17. The van der Waals surface area contributed by atoms with Crippen molar-refractivity contribution in [2.45, 2.75) is 6.42 Å². The third-order valence-electron chi connectivity index (χ3n) is 3.01. The van der Waals surface area contributed by atoms with Gasteiger partial charge in [0.05, 0.1) is 7.11 Å². The standard InChI is InChI=1S/C15H12O2S2/c1-17-13-6-7-18-15(13)12(16)8-10-9-19-14-5-3-2-4-11(10)14/h2-7,9H,8H2,1H3. The average molecular weight is 288 g/mol. The summed E-state index contributed by atoms with van der Waals surface area (Å²) >= 11 is 3.12. The Kier molecular flexibility index (Phi) is 3.36. The van der Waals surface area contributed by atoms with Crippen LogP contribution in [0, 0.1) is 0 Å². The van der Waals surface area contributed by atoms with E-state index in [1.165, 1.54) is 21.4 Å². The van der Waals surface area contributed by atoms with Crippen molar-refractivity contribution >= 4 is 38.5 Å². The number of fused-ring (bicyclic) bond motifs is 1. The van der Waals surface area contributed by atoms with Crippen molar-refractivity contribution in [1.29, 1.82) is 0 Å². The van der Waals surface area contributed by atoms with E-state index in [-0.39, 0.29) is 5.78 Å². The molecule has 0 fully saturated rings. The van der Waals surface area contributed by atoms with Gasteiger partial charge in [-0.3, -0.25) is 4.79 Å². The first-order valence-electron chi connectivity index (χ1n) is 5.89. The summed E-state index contributed by atoms with van der Waals surface area (Å²) in [5.74, 6) is 0.796. The van der Waals surface area contributed by atoms with Gasteiger partial charge in [0.25, 0.3) is 0 Å². The molecule has 0 aliphatic rings. The molecule has 0 radical (unpaired) electrons. The van der Waals surface area contributed by atoms with E-state index in [0.29, 0.717) is 17.0 Å². The SMILES string of the molecule is COc1ccsc1C(=O)Cc1csc2ccccc12. The number of ketones is 1. The number of Topliss-reactive ketones (excluding diaryl/α,β-unsaturated/α-hetero) is 1. The van der Waals surface area contributed by atoms with E-state index in [0.717, 1.165) is 5.56 Å². The van der Waals surface area contributed by atoms with E-state index in [4.69, 9.17) is 4.74 Å². The minimum absolute atomic E-state index is 0.121. The third-order valence-corrected chi connectivity index (χ3v) is 4.96. The molecule has 1 aromatic carbocycles. The Morgan fingerprint density at radius 2 is 2.05 bits per heavy atom. The molecule has 0 bridgehead atoms. The van der Waals surface area contributed by atoms with E-state index in [1.54, 1.807) is 18.4 Å². The summed E-state index contributed by atoms with van der Waals surface area (Å²) in [4.78, 5) is 13.0. The summed E-state index contributed by atoms with van der Waals surface area (Å²) in [5.41, 5.74) is 1.10. The lowest BCUT2D eigenvalue weighted by Gasteiger charge is -2.01. The van der Waals surface area contributed by atoms with E-state index in [9.17, 15) is 4.79 Å². The fraction of sp³-hybridized carbons (Fsp3) is 0.133. The zero-order valence-electron chi connectivity index (χ0n) is 10.4. The summed E-state index contributed by atoms with van der Waals surface area (Å²) in [6.45, 7) is 0. The molecule has 0 aliphatic heterocycles. The van der Waals surface area contributed by atoms with Crippen LogP contribution in [0.4, 0.5) is 0 Å². The van der Waals surface area contributed by atoms with E-state index < -0.39 is 0 Å². The van der Waals surface area contributed by atoms with Gasteiger partial charge in [0.2, 0.25) is 0 Å². The second kappa shape index (κ2) is 5.15. The zero-order valence-corrected chi connectivity index (χ0v) is 12.0. The Bertz CT molecular complexity index is 724. The van der Waals surface area contributed by atoms with Crippen LogP contribution in [-0.2, 0) is 6.42 Å². The highest BCUT2D eigenvalue weighted by atomic mass is 32.1. The summed E-state index contributed by atoms with van der Waals surface area (Å²) in [6, 6.07) is 10.0. The first kappa shape index (κ1) is 12.4. The molecule has 3 aromatic rings. The molecule has 2 aromatic heterocycles. The highest BCUT2D eigenvalue weighted by Gasteiger charge is 2.16. The van der Waals surface area contributed by atoms with Gasteiger partial charge in [-0.2, -0.15) is 0 Å². The van der Waals surface area contributed by atoms with Crippen LogP contribution < -0.4 is 4.74 Å². The van der Waals surface area contributed by atoms with Gasteiger partial charge in [-0.1, -0.05) is 18.2 Å². The maximum Gasteiger partial charge on any atom is 0.180 e. The number of carbonyl (C=O) groups is 1. The van der Waals surface area contributed by atoms with Crippen LogP contribution in [0.3, 0.4) is 0 Å². The van der Waals surface area contributed by atoms with Crippen LogP contribution in [0.25, 0.3) is 10.1 Å². The van der Waals surface area contributed by atoms with Crippen molar-refractivity contribution in [1.82, 2.24) is 0 Å². The van der Waals surface area contributed by atoms with Crippen molar-refractivity contribution in [3.63, 3.8) is 0 Å². The summed E-state index contributed by atoms with van der Waals surface area (Å²) in [6.07, 6.45) is 0.431. The smallest absolute Gasteiger partial charge is 0.180 e. The van der Waals surface area contributed by atoms with Gasteiger partial charge in [-0.25, -0.2) is 0 Å². The number of rotatable bonds is 4. The van der Waals surface area contributed by atoms with Crippen molar-refractivity contribution in [3.8, 4) is 5.75 Å². The maximum atomic E-state index is 12.3. The topological polar surface area (TPSA) is 26.3 Å². The molecule has 0 spiro atoms. The first-order chi connectivity index (χ1) is 9.29. The Morgan fingerprint density at radius 3 is 2.89 bits per heavy atom. The third kappa shape index (κ3) is 2.29. The zero-order chi connectivity index (χ0) is 13.2. The number of thiophene rings is 2. The lowest BCUT2D eigenvalue weighted by molar-refractivity contribution is 0.0994. The van der Waals surface area contributed by atoms with Crippen LogP contribution in [0.1, 0.15) is 15.2 Å². The second-order valence-electron chi connectivity index (χ2n) is 4.18. The minimum Gasteiger partial charge on any atom is -0.495 e. The molecule has 2 heterocycles. The predicted octanol–water partition coefficient (Wildman–Crippen LogP) is 4.40. The van der Waals surface area contributed by atoms with E-state index >= 15 is 0 Å². The summed E-state index contributed by atoms with van der Waals surface area (Å²) in [7, 11) is 1.60. The van der Waals surface area contributed by atoms with Crippen LogP contribution >= 0.6 is 22.7 Å². The van der Waals surface area contributed by atoms with E-state index in [2.05, 4.69) is 17.5 Å². The maximum absolute atomic E-state index is 12.3. The minimum atomic E-state index is 0.121. The molecular formula is C15H12O2S2. The Labute approximate surface area is 119 Å². The van der Waals surface area contributed by atoms with Crippen LogP contribution in [-0.4, -0.2) is 12.9 Å². The molecule has 0 aliphatic carbocycles. The summed E-state index contributed by atoms with van der Waals surface area (Å²) in [5, 5.41) is 5.14. The number of benzene rings is 1. The molecular weight excluding hydrogens is 276 g/mol. The molecule has 0 saturated carbocycles.